The lowest BCUT2D eigenvalue weighted by molar-refractivity contribution is -0.120. The predicted octanol–water partition coefficient (Wildman–Crippen LogP) is 4.97. The molecule has 0 saturated heterocycles. The first-order valence-electron chi connectivity index (χ1n) is 9.49. The lowest BCUT2D eigenvalue weighted by Gasteiger charge is -2.25. The number of carbonyl (C=O) groups excluding carboxylic acids is 1. The molecular weight excluding hydrogens is 455 g/mol. The van der Waals surface area contributed by atoms with Crippen molar-refractivity contribution in [1.82, 2.24) is 5.32 Å². The molecule has 31 heavy (non-hydrogen) atoms. The van der Waals surface area contributed by atoms with Gasteiger partial charge in [-0.05, 0) is 36.2 Å². The van der Waals surface area contributed by atoms with E-state index in [1.807, 2.05) is 61.5 Å². The zero-order valence-corrected chi connectivity index (χ0v) is 19.4. The van der Waals surface area contributed by atoms with E-state index in [-0.39, 0.29) is 10.7 Å². The number of amides is 1. The summed E-state index contributed by atoms with van der Waals surface area (Å²) in [5.74, 6) is -0.453. The van der Waals surface area contributed by atoms with E-state index in [4.69, 9.17) is 23.2 Å². The van der Waals surface area contributed by atoms with Gasteiger partial charge in [0.2, 0.25) is 15.9 Å². The molecule has 0 heterocycles. The van der Waals surface area contributed by atoms with E-state index in [2.05, 4.69) is 5.32 Å². The van der Waals surface area contributed by atoms with Crippen LogP contribution in [-0.2, 0) is 14.8 Å². The molecule has 5 nitrogen and oxygen atoms in total. The fraction of sp³-hybridized carbons (Fsp3) is 0.174. The largest absolute Gasteiger partial charge is 0.344 e. The van der Waals surface area contributed by atoms with Gasteiger partial charge in [0, 0.05) is 0 Å². The summed E-state index contributed by atoms with van der Waals surface area (Å²) >= 11 is 12.0. The van der Waals surface area contributed by atoms with Crippen LogP contribution in [-0.4, -0.2) is 27.1 Å². The van der Waals surface area contributed by atoms with Crippen molar-refractivity contribution in [2.45, 2.75) is 13.0 Å². The molecule has 0 aliphatic rings. The summed E-state index contributed by atoms with van der Waals surface area (Å²) in [6.07, 6.45) is 1.04. The highest BCUT2D eigenvalue weighted by atomic mass is 35.5. The monoisotopic (exact) mass is 476 g/mol. The number of hydrogen-bond donors (Lipinski definition) is 1. The molecule has 0 fully saturated rings. The van der Waals surface area contributed by atoms with Crippen LogP contribution >= 0.6 is 23.2 Å². The zero-order valence-electron chi connectivity index (χ0n) is 17.0. The van der Waals surface area contributed by atoms with E-state index in [1.165, 1.54) is 18.2 Å². The maximum Gasteiger partial charge on any atom is 0.241 e. The molecule has 0 spiro atoms. The molecule has 8 heteroatoms. The number of nitrogens with zero attached hydrogens (tertiary/aromatic N) is 1. The number of anilines is 1. The molecule has 1 amide bonds. The van der Waals surface area contributed by atoms with Gasteiger partial charge in [-0.25, -0.2) is 8.42 Å². The van der Waals surface area contributed by atoms with Crippen LogP contribution in [0.15, 0.2) is 72.8 Å². The first-order valence-corrected chi connectivity index (χ1v) is 12.1. The fourth-order valence-corrected chi connectivity index (χ4v) is 4.28. The molecule has 1 N–H and O–H groups in total. The maximum absolute atomic E-state index is 13.0. The summed E-state index contributed by atoms with van der Waals surface area (Å²) in [5, 5.41) is 3.47. The Morgan fingerprint density at radius 2 is 1.55 bits per heavy atom. The Morgan fingerprint density at radius 3 is 2.13 bits per heavy atom. The van der Waals surface area contributed by atoms with Crippen molar-refractivity contribution in [3.05, 3.63) is 99.5 Å². The van der Waals surface area contributed by atoms with Gasteiger partial charge in [-0.1, -0.05) is 83.4 Å². The second-order valence-electron chi connectivity index (χ2n) is 7.19. The third-order valence-corrected chi connectivity index (χ3v) is 6.61. The minimum absolute atomic E-state index is 0.204. The Kier molecular flexibility index (Phi) is 7.26. The summed E-state index contributed by atoms with van der Waals surface area (Å²) in [7, 11) is -3.74. The highest BCUT2D eigenvalue weighted by molar-refractivity contribution is 7.92. The van der Waals surface area contributed by atoms with Crippen molar-refractivity contribution >= 4 is 44.8 Å². The zero-order chi connectivity index (χ0) is 22.6. The van der Waals surface area contributed by atoms with Crippen molar-refractivity contribution in [3.8, 4) is 0 Å². The van der Waals surface area contributed by atoms with Gasteiger partial charge in [-0.3, -0.25) is 9.10 Å². The summed E-state index contributed by atoms with van der Waals surface area (Å²) < 4.78 is 25.8. The lowest BCUT2D eigenvalue weighted by Crippen LogP contribution is -2.41. The minimum Gasteiger partial charge on any atom is -0.344 e. The Morgan fingerprint density at radius 1 is 0.935 bits per heavy atom. The number of benzene rings is 3. The molecule has 1 atom stereocenters. The first-order chi connectivity index (χ1) is 14.6. The highest BCUT2D eigenvalue weighted by Gasteiger charge is 2.24. The molecule has 162 valence electrons. The van der Waals surface area contributed by atoms with E-state index in [0.29, 0.717) is 5.02 Å². The van der Waals surface area contributed by atoms with E-state index in [9.17, 15) is 13.2 Å². The number of rotatable bonds is 7. The second-order valence-corrected chi connectivity index (χ2v) is 9.91. The van der Waals surface area contributed by atoms with Gasteiger partial charge in [-0.2, -0.15) is 0 Å². The molecule has 3 aromatic carbocycles. The van der Waals surface area contributed by atoms with Crippen molar-refractivity contribution in [2.24, 2.45) is 0 Å². The van der Waals surface area contributed by atoms with Crippen molar-refractivity contribution in [2.75, 3.05) is 17.1 Å². The molecular formula is C23H22Cl2N2O3S. The van der Waals surface area contributed by atoms with Crippen LogP contribution in [0.3, 0.4) is 0 Å². The molecule has 3 rings (SSSR count). The van der Waals surface area contributed by atoms with Crippen LogP contribution in [0.2, 0.25) is 10.0 Å². The average molecular weight is 477 g/mol. The van der Waals surface area contributed by atoms with E-state index in [1.54, 1.807) is 0 Å². The molecule has 0 unspecified atom stereocenters. The normalized spacial score (nSPS) is 12.3. The number of carbonyl (C=O) groups is 1. The van der Waals surface area contributed by atoms with Gasteiger partial charge in [0.15, 0.2) is 0 Å². The van der Waals surface area contributed by atoms with Gasteiger partial charge >= 0.3 is 0 Å². The summed E-state index contributed by atoms with van der Waals surface area (Å²) in [5.41, 5.74) is 3.15. The van der Waals surface area contributed by atoms with Crippen LogP contribution in [0.1, 0.15) is 22.7 Å². The summed E-state index contributed by atoms with van der Waals surface area (Å²) in [4.78, 5) is 13.0. The lowest BCUT2D eigenvalue weighted by atomic mass is 9.98. The van der Waals surface area contributed by atoms with E-state index < -0.39 is 28.5 Å². The topological polar surface area (TPSA) is 66.5 Å². The number of hydrogen-bond acceptors (Lipinski definition) is 3. The predicted molar refractivity (Wildman–Crippen MR) is 126 cm³/mol. The van der Waals surface area contributed by atoms with Gasteiger partial charge in [-0.15, -0.1) is 0 Å². The molecule has 0 saturated carbocycles. The maximum atomic E-state index is 13.0. The van der Waals surface area contributed by atoms with Crippen LogP contribution in [0.25, 0.3) is 0 Å². The van der Waals surface area contributed by atoms with Crippen molar-refractivity contribution < 1.29 is 13.2 Å². The molecule has 3 aromatic rings. The van der Waals surface area contributed by atoms with Crippen molar-refractivity contribution in [1.29, 1.82) is 0 Å². The van der Waals surface area contributed by atoms with E-state index >= 15 is 0 Å². The second kappa shape index (κ2) is 9.73. The Labute approximate surface area is 192 Å². The van der Waals surface area contributed by atoms with Crippen molar-refractivity contribution in [3.63, 3.8) is 0 Å². The van der Waals surface area contributed by atoms with Gasteiger partial charge < -0.3 is 5.32 Å². The summed E-state index contributed by atoms with van der Waals surface area (Å²) in [6, 6.07) is 21.3. The van der Waals surface area contributed by atoms with Crippen LogP contribution < -0.4 is 9.62 Å². The highest BCUT2D eigenvalue weighted by Crippen LogP contribution is 2.28. The standard InChI is InChI=1S/C23H22Cl2N2O3S/c1-16-8-10-18(11-9-16)23(17-6-4-3-5-7-17)26-22(28)15-27(31(2,29)30)19-12-13-20(24)21(25)14-19/h3-14,23H,15H2,1-2H3,(H,26,28)/t23-/m1/s1. The quantitative estimate of drug-likeness (QED) is 0.523. The minimum atomic E-state index is -3.74. The number of aryl methyl sites for hydroxylation is 1. The Balaban J connectivity index is 1.89. The smallest absolute Gasteiger partial charge is 0.241 e. The number of halogens is 2. The summed E-state index contributed by atoms with van der Waals surface area (Å²) in [6.45, 7) is 1.59. The van der Waals surface area contributed by atoms with E-state index in [0.717, 1.165) is 27.3 Å². The molecule has 0 radical (unpaired) electrons. The Hall–Kier alpha value is -2.54. The van der Waals surface area contributed by atoms with Gasteiger partial charge in [0.1, 0.15) is 6.54 Å². The Bertz CT molecular complexity index is 1170. The third-order valence-electron chi connectivity index (χ3n) is 4.73. The first kappa shape index (κ1) is 23.1. The third kappa shape index (κ3) is 6.00. The van der Waals surface area contributed by atoms with Gasteiger partial charge in [0.25, 0.3) is 0 Å². The molecule has 0 aromatic heterocycles. The van der Waals surface area contributed by atoms with Gasteiger partial charge in [0.05, 0.1) is 28.0 Å². The number of nitrogens with one attached hydrogen (secondary N) is 1. The average Bonchev–Trinajstić information content (AvgIpc) is 2.73. The molecule has 0 aliphatic carbocycles. The molecule has 0 aliphatic heterocycles. The molecule has 0 bridgehead atoms. The SMILES string of the molecule is Cc1ccc([C@H](NC(=O)CN(c2ccc(Cl)c(Cl)c2)S(C)(=O)=O)c2ccccc2)cc1. The van der Waals surface area contributed by atoms with Crippen LogP contribution in [0.4, 0.5) is 5.69 Å². The fourth-order valence-electron chi connectivity index (χ4n) is 3.14. The van der Waals surface area contributed by atoms with Crippen LogP contribution in [0.5, 0.6) is 0 Å². The number of sulfonamides is 1. The van der Waals surface area contributed by atoms with Crippen LogP contribution in [0, 0.1) is 6.92 Å².